The fourth-order valence-corrected chi connectivity index (χ4v) is 2.41. The normalized spacial score (nSPS) is 10.9. The molecule has 0 spiro atoms. The van der Waals surface area contributed by atoms with Crippen LogP contribution >= 0.6 is 0 Å². The summed E-state index contributed by atoms with van der Waals surface area (Å²) < 4.78 is 39.8. The number of hydrogen-bond acceptors (Lipinski definition) is 4. The number of alkyl halides is 2. The molecule has 7 heteroatoms. The minimum Gasteiger partial charge on any atom is -0.493 e. The van der Waals surface area contributed by atoms with Crippen molar-refractivity contribution in [3.63, 3.8) is 0 Å². The largest absolute Gasteiger partial charge is 0.493 e. The first-order chi connectivity index (χ1) is 12.9. The molecule has 0 fully saturated rings. The summed E-state index contributed by atoms with van der Waals surface area (Å²) in [5.41, 5.74) is 2.21. The number of carbonyl (C=O) groups excluding carboxylic acids is 1. The summed E-state index contributed by atoms with van der Waals surface area (Å²) in [4.78, 5) is 12.4. The maximum Gasteiger partial charge on any atom is 0.387 e. The third kappa shape index (κ3) is 6.21. The topological polar surface area (TPSA) is 56.8 Å². The molecule has 0 unspecified atom stereocenters. The molecule has 0 aliphatic rings. The smallest absolute Gasteiger partial charge is 0.387 e. The van der Waals surface area contributed by atoms with E-state index in [0.717, 1.165) is 11.1 Å². The van der Waals surface area contributed by atoms with Gasteiger partial charge in [-0.3, -0.25) is 4.79 Å². The molecule has 0 atom stereocenters. The van der Waals surface area contributed by atoms with Gasteiger partial charge in [0, 0.05) is 12.1 Å². The molecule has 0 saturated heterocycles. The number of amides is 1. The highest BCUT2D eigenvalue weighted by Crippen LogP contribution is 2.29. The Morgan fingerprint density at radius 2 is 1.78 bits per heavy atom. The minimum absolute atomic E-state index is 0.0636. The van der Waals surface area contributed by atoms with E-state index in [4.69, 9.17) is 9.47 Å². The second-order valence-corrected chi connectivity index (χ2v) is 6.06. The first kappa shape index (κ1) is 20.6. The van der Waals surface area contributed by atoms with Gasteiger partial charge in [-0.15, -0.1) is 0 Å². The number of hydrogen-bond donors (Lipinski definition) is 1. The molecule has 0 aliphatic carbocycles. The van der Waals surface area contributed by atoms with Crippen LogP contribution in [0.25, 0.3) is 0 Å². The molecule has 27 heavy (non-hydrogen) atoms. The summed E-state index contributed by atoms with van der Waals surface area (Å²) in [6.07, 6.45) is 0.106. The third-order valence-electron chi connectivity index (χ3n) is 3.77. The molecule has 2 rings (SSSR count). The van der Waals surface area contributed by atoms with E-state index in [9.17, 15) is 13.6 Å². The molecule has 5 nitrogen and oxygen atoms in total. The van der Waals surface area contributed by atoms with Crippen LogP contribution < -0.4 is 14.8 Å². The van der Waals surface area contributed by atoms with Crippen LogP contribution in [0, 0.1) is 0 Å². The number of ether oxygens (including phenoxy) is 3. The van der Waals surface area contributed by atoms with Crippen molar-refractivity contribution in [1.29, 1.82) is 0 Å². The zero-order valence-corrected chi connectivity index (χ0v) is 15.5. The van der Waals surface area contributed by atoms with Crippen LogP contribution in [0.5, 0.6) is 11.5 Å². The number of nitrogens with one attached hydrogen (secondary N) is 1. The summed E-state index contributed by atoms with van der Waals surface area (Å²) >= 11 is 0. The highest BCUT2D eigenvalue weighted by atomic mass is 19.3. The third-order valence-corrected chi connectivity index (χ3v) is 3.77. The van der Waals surface area contributed by atoms with Gasteiger partial charge in [0.1, 0.15) is 0 Å². The van der Waals surface area contributed by atoms with E-state index < -0.39 is 6.61 Å². The number of methoxy groups -OCH3 is 1. The van der Waals surface area contributed by atoms with Crippen molar-refractivity contribution in [2.45, 2.75) is 39.7 Å². The van der Waals surface area contributed by atoms with Crippen molar-refractivity contribution in [3.05, 3.63) is 59.2 Å². The molecule has 0 saturated carbocycles. The fourth-order valence-electron chi connectivity index (χ4n) is 2.41. The van der Waals surface area contributed by atoms with E-state index in [-0.39, 0.29) is 29.1 Å². The Morgan fingerprint density at radius 1 is 1.07 bits per heavy atom. The van der Waals surface area contributed by atoms with Crippen molar-refractivity contribution in [1.82, 2.24) is 5.32 Å². The number of rotatable bonds is 9. The molecular formula is C20H23F2NO4. The zero-order valence-electron chi connectivity index (χ0n) is 15.5. The molecule has 0 heterocycles. The standard InChI is InChI=1S/C20H23F2NO4/c1-13(2)26-12-16-7-5-4-6-15(16)11-23-19(24)14-8-9-17(27-20(21)22)18(10-14)25-3/h4-10,13,20H,11-12H2,1-3H3,(H,23,24). The van der Waals surface area contributed by atoms with E-state index >= 15 is 0 Å². The summed E-state index contributed by atoms with van der Waals surface area (Å²) in [5, 5.41) is 2.82. The van der Waals surface area contributed by atoms with Crippen molar-refractivity contribution in [3.8, 4) is 11.5 Å². The van der Waals surface area contributed by atoms with Crippen LogP contribution in [0.4, 0.5) is 8.78 Å². The van der Waals surface area contributed by atoms with Gasteiger partial charge in [-0.2, -0.15) is 8.78 Å². The van der Waals surface area contributed by atoms with Crippen LogP contribution in [-0.4, -0.2) is 25.7 Å². The first-order valence-corrected chi connectivity index (χ1v) is 8.50. The molecular weight excluding hydrogens is 356 g/mol. The SMILES string of the molecule is COc1cc(C(=O)NCc2ccccc2COC(C)C)ccc1OC(F)F. The van der Waals surface area contributed by atoms with Crippen LogP contribution in [0.2, 0.25) is 0 Å². The molecule has 0 radical (unpaired) electrons. The quantitative estimate of drug-likeness (QED) is 0.711. The molecule has 146 valence electrons. The highest BCUT2D eigenvalue weighted by Gasteiger charge is 2.14. The van der Waals surface area contributed by atoms with E-state index in [1.807, 2.05) is 38.1 Å². The van der Waals surface area contributed by atoms with Gasteiger partial charge in [0.05, 0.1) is 19.8 Å². The molecule has 0 aliphatic heterocycles. The summed E-state index contributed by atoms with van der Waals surface area (Å²) in [5.74, 6) is -0.412. The Labute approximate surface area is 157 Å². The Bertz CT molecular complexity index is 765. The lowest BCUT2D eigenvalue weighted by Gasteiger charge is -2.14. The van der Waals surface area contributed by atoms with Gasteiger partial charge < -0.3 is 19.5 Å². The summed E-state index contributed by atoms with van der Waals surface area (Å²) in [6, 6.07) is 11.7. The van der Waals surface area contributed by atoms with Crippen molar-refractivity contribution in [2.75, 3.05) is 7.11 Å². The van der Waals surface area contributed by atoms with Gasteiger partial charge in [-0.05, 0) is 43.2 Å². The van der Waals surface area contributed by atoms with Crippen molar-refractivity contribution in [2.24, 2.45) is 0 Å². The molecule has 0 bridgehead atoms. The molecule has 2 aromatic carbocycles. The number of carbonyl (C=O) groups is 1. The van der Waals surface area contributed by atoms with E-state index in [2.05, 4.69) is 10.1 Å². The lowest BCUT2D eigenvalue weighted by molar-refractivity contribution is -0.0512. The Kier molecular flexibility index (Phi) is 7.55. The Morgan fingerprint density at radius 3 is 2.41 bits per heavy atom. The Hall–Kier alpha value is -2.67. The predicted molar refractivity (Wildman–Crippen MR) is 97.2 cm³/mol. The van der Waals surface area contributed by atoms with Gasteiger partial charge >= 0.3 is 6.61 Å². The van der Waals surface area contributed by atoms with Crippen molar-refractivity contribution < 1.29 is 27.8 Å². The average molecular weight is 379 g/mol. The van der Waals surface area contributed by atoms with Crippen LogP contribution in [0.3, 0.4) is 0 Å². The molecule has 1 N–H and O–H groups in total. The number of benzene rings is 2. The molecule has 0 aromatic heterocycles. The number of halogens is 2. The monoisotopic (exact) mass is 379 g/mol. The highest BCUT2D eigenvalue weighted by molar-refractivity contribution is 5.94. The van der Waals surface area contributed by atoms with Crippen molar-refractivity contribution >= 4 is 5.91 Å². The van der Waals surface area contributed by atoms with Gasteiger partial charge in [-0.1, -0.05) is 24.3 Å². The predicted octanol–water partition coefficient (Wildman–Crippen LogP) is 4.15. The lowest BCUT2D eigenvalue weighted by atomic mass is 10.1. The maximum atomic E-state index is 12.4. The van der Waals surface area contributed by atoms with E-state index in [0.29, 0.717) is 13.2 Å². The fraction of sp³-hybridized carbons (Fsp3) is 0.350. The van der Waals surface area contributed by atoms with Gasteiger partial charge in [0.15, 0.2) is 11.5 Å². The molecule has 1 amide bonds. The van der Waals surface area contributed by atoms with Crippen LogP contribution in [0.15, 0.2) is 42.5 Å². The second kappa shape index (κ2) is 9.87. The van der Waals surface area contributed by atoms with Gasteiger partial charge in [-0.25, -0.2) is 0 Å². The zero-order chi connectivity index (χ0) is 19.8. The minimum atomic E-state index is -2.97. The molecule has 2 aromatic rings. The van der Waals surface area contributed by atoms with Crippen LogP contribution in [-0.2, 0) is 17.9 Å². The van der Waals surface area contributed by atoms with Gasteiger partial charge in [0.2, 0.25) is 0 Å². The van der Waals surface area contributed by atoms with E-state index in [1.165, 1.54) is 25.3 Å². The van der Waals surface area contributed by atoms with Crippen LogP contribution in [0.1, 0.15) is 35.3 Å². The second-order valence-electron chi connectivity index (χ2n) is 6.06. The average Bonchev–Trinajstić information content (AvgIpc) is 2.64. The Balaban J connectivity index is 2.06. The van der Waals surface area contributed by atoms with Gasteiger partial charge in [0.25, 0.3) is 5.91 Å². The lowest BCUT2D eigenvalue weighted by Crippen LogP contribution is -2.23. The first-order valence-electron chi connectivity index (χ1n) is 8.50. The maximum absolute atomic E-state index is 12.4. The summed E-state index contributed by atoms with van der Waals surface area (Å²) in [7, 11) is 1.32. The summed E-state index contributed by atoms with van der Waals surface area (Å²) in [6.45, 7) is 1.71. The van der Waals surface area contributed by atoms with E-state index in [1.54, 1.807) is 0 Å².